The van der Waals surface area contributed by atoms with Crippen molar-refractivity contribution in [1.29, 1.82) is 0 Å². The van der Waals surface area contributed by atoms with Gasteiger partial charge < -0.3 is 11.1 Å². The van der Waals surface area contributed by atoms with Crippen LogP contribution in [0.25, 0.3) is 0 Å². The van der Waals surface area contributed by atoms with E-state index in [1.807, 2.05) is 6.07 Å². The van der Waals surface area contributed by atoms with Crippen molar-refractivity contribution in [3.63, 3.8) is 0 Å². The lowest BCUT2D eigenvalue weighted by Gasteiger charge is -2.26. The number of anilines is 1. The Morgan fingerprint density at radius 3 is 2.72 bits per heavy atom. The van der Waals surface area contributed by atoms with E-state index in [1.54, 1.807) is 12.3 Å². The van der Waals surface area contributed by atoms with Crippen molar-refractivity contribution in [2.24, 2.45) is 11.7 Å². The van der Waals surface area contributed by atoms with Crippen molar-refractivity contribution in [3.05, 3.63) is 22.8 Å². The number of carbonyl (C=O) groups is 1. The van der Waals surface area contributed by atoms with Gasteiger partial charge >= 0.3 is 0 Å². The fraction of sp³-hybridized carbons (Fsp3) is 0.538. The molecule has 1 aromatic rings. The maximum absolute atomic E-state index is 12.0. The van der Waals surface area contributed by atoms with Crippen molar-refractivity contribution < 1.29 is 4.79 Å². The summed E-state index contributed by atoms with van der Waals surface area (Å²) >= 11 is 3.30. The number of amides is 1. The Bertz CT molecular complexity index is 401. The molecule has 0 aromatic carbocycles. The molecule has 0 saturated heterocycles. The number of hydrogen-bond donors (Lipinski definition) is 2. The minimum absolute atomic E-state index is 0.128. The number of halogens is 1. The normalized spacial score (nSPS) is 18.3. The van der Waals surface area contributed by atoms with E-state index in [1.165, 1.54) is 19.3 Å². The lowest BCUT2D eigenvalue weighted by Crippen LogP contribution is -2.42. The van der Waals surface area contributed by atoms with Gasteiger partial charge in [0, 0.05) is 10.7 Å². The fourth-order valence-electron chi connectivity index (χ4n) is 2.37. The third-order valence-corrected chi connectivity index (χ3v) is 3.91. The molecule has 0 spiro atoms. The van der Waals surface area contributed by atoms with Gasteiger partial charge in [-0.25, -0.2) is 4.98 Å². The van der Waals surface area contributed by atoms with Crippen LogP contribution in [0.4, 0.5) is 5.82 Å². The van der Waals surface area contributed by atoms with Crippen LogP contribution in [-0.2, 0) is 4.79 Å². The molecule has 3 N–H and O–H groups in total. The summed E-state index contributed by atoms with van der Waals surface area (Å²) in [5.41, 5.74) is 6.02. The van der Waals surface area contributed by atoms with Gasteiger partial charge in [0.15, 0.2) is 0 Å². The molecule has 5 heteroatoms. The Morgan fingerprint density at radius 1 is 1.39 bits per heavy atom. The van der Waals surface area contributed by atoms with Gasteiger partial charge in [-0.15, -0.1) is 0 Å². The summed E-state index contributed by atoms with van der Waals surface area (Å²) in [5.74, 6) is 0.736. The number of hydrogen-bond acceptors (Lipinski definition) is 3. The number of carbonyl (C=O) groups excluding carboxylic acids is 1. The summed E-state index contributed by atoms with van der Waals surface area (Å²) in [6, 6.07) is 3.18. The quantitative estimate of drug-likeness (QED) is 0.901. The molecular weight excluding hydrogens is 294 g/mol. The van der Waals surface area contributed by atoms with Crippen LogP contribution in [0.5, 0.6) is 0 Å². The average Bonchev–Trinajstić information content (AvgIpc) is 2.41. The molecule has 2 rings (SSSR count). The summed E-state index contributed by atoms with van der Waals surface area (Å²) in [6.07, 6.45) is 7.40. The molecule has 1 atom stereocenters. The van der Waals surface area contributed by atoms with Crippen molar-refractivity contribution in [1.82, 2.24) is 4.98 Å². The number of nitrogens with one attached hydrogen (secondary N) is 1. The summed E-state index contributed by atoms with van der Waals surface area (Å²) in [7, 11) is 0. The molecule has 1 heterocycles. The molecule has 1 fully saturated rings. The Morgan fingerprint density at radius 2 is 2.11 bits per heavy atom. The molecular formula is C13H18BrN3O. The van der Waals surface area contributed by atoms with Gasteiger partial charge in [-0.05, 0) is 46.8 Å². The Hall–Kier alpha value is -0.940. The molecule has 0 radical (unpaired) electrons. The van der Waals surface area contributed by atoms with Gasteiger partial charge in [0.05, 0.1) is 6.04 Å². The average molecular weight is 312 g/mol. The smallest absolute Gasteiger partial charge is 0.242 e. The Balaban J connectivity index is 1.92. The number of rotatable bonds is 3. The largest absolute Gasteiger partial charge is 0.320 e. The first-order chi connectivity index (χ1) is 8.66. The van der Waals surface area contributed by atoms with Crippen LogP contribution >= 0.6 is 15.9 Å². The highest BCUT2D eigenvalue weighted by Crippen LogP contribution is 2.26. The molecule has 1 saturated carbocycles. The summed E-state index contributed by atoms with van der Waals surface area (Å²) < 4.78 is 0.886. The highest BCUT2D eigenvalue weighted by atomic mass is 79.9. The predicted octanol–water partition coefficient (Wildman–Crippen LogP) is 2.69. The van der Waals surface area contributed by atoms with Crippen molar-refractivity contribution in [3.8, 4) is 0 Å². The zero-order chi connectivity index (χ0) is 13.0. The van der Waals surface area contributed by atoms with E-state index in [0.29, 0.717) is 11.7 Å². The zero-order valence-corrected chi connectivity index (χ0v) is 11.8. The molecule has 0 unspecified atom stereocenters. The molecule has 1 aliphatic carbocycles. The van der Waals surface area contributed by atoms with Crippen LogP contribution in [0.2, 0.25) is 0 Å². The number of nitrogens with zero attached hydrogens (tertiary/aromatic N) is 1. The first-order valence-corrected chi connectivity index (χ1v) is 7.14. The fourth-order valence-corrected chi connectivity index (χ4v) is 2.60. The van der Waals surface area contributed by atoms with E-state index in [0.717, 1.165) is 17.3 Å². The number of nitrogens with two attached hydrogens (primary N) is 1. The van der Waals surface area contributed by atoms with E-state index >= 15 is 0 Å². The first kappa shape index (κ1) is 13.5. The maximum Gasteiger partial charge on any atom is 0.242 e. The lowest BCUT2D eigenvalue weighted by molar-refractivity contribution is -0.118. The third kappa shape index (κ3) is 3.53. The minimum Gasteiger partial charge on any atom is -0.320 e. The summed E-state index contributed by atoms with van der Waals surface area (Å²) in [6.45, 7) is 0. The van der Waals surface area contributed by atoms with E-state index in [9.17, 15) is 4.79 Å². The van der Waals surface area contributed by atoms with Crippen LogP contribution < -0.4 is 11.1 Å². The molecule has 1 aliphatic rings. The van der Waals surface area contributed by atoms with E-state index in [4.69, 9.17) is 5.73 Å². The molecule has 98 valence electrons. The van der Waals surface area contributed by atoms with Crippen LogP contribution in [0.1, 0.15) is 32.1 Å². The molecule has 1 amide bonds. The Labute approximate surface area is 115 Å². The molecule has 0 aliphatic heterocycles. The number of pyridine rings is 1. The predicted molar refractivity (Wildman–Crippen MR) is 75.1 cm³/mol. The van der Waals surface area contributed by atoms with Gasteiger partial charge in [0.2, 0.25) is 5.91 Å². The Kier molecular flexibility index (Phi) is 4.72. The van der Waals surface area contributed by atoms with Crippen LogP contribution in [0.15, 0.2) is 22.8 Å². The minimum atomic E-state index is -0.421. The van der Waals surface area contributed by atoms with Gasteiger partial charge in [-0.2, -0.15) is 0 Å². The second-order valence-corrected chi connectivity index (χ2v) is 5.69. The molecule has 0 bridgehead atoms. The van der Waals surface area contributed by atoms with E-state index in [-0.39, 0.29) is 5.91 Å². The van der Waals surface area contributed by atoms with Gasteiger partial charge in [-0.3, -0.25) is 4.79 Å². The monoisotopic (exact) mass is 311 g/mol. The lowest BCUT2D eigenvalue weighted by atomic mass is 9.84. The van der Waals surface area contributed by atoms with Crippen LogP contribution in [0, 0.1) is 5.92 Å². The van der Waals surface area contributed by atoms with Crippen molar-refractivity contribution in [2.75, 3.05) is 5.32 Å². The molecule has 18 heavy (non-hydrogen) atoms. The first-order valence-electron chi connectivity index (χ1n) is 6.35. The molecule has 4 nitrogen and oxygen atoms in total. The van der Waals surface area contributed by atoms with Gasteiger partial charge in [0.1, 0.15) is 5.82 Å². The highest BCUT2D eigenvalue weighted by molar-refractivity contribution is 9.10. The summed E-state index contributed by atoms with van der Waals surface area (Å²) in [4.78, 5) is 16.1. The highest BCUT2D eigenvalue weighted by Gasteiger charge is 2.26. The third-order valence-electron chi connectivity index (χ3n) is 3.44. The SMILES string of the molecule is N[C@H](C(=O)Nc1ccc(Br)cn1)C1CCCCC1. The standard InChI is InChI=1S/C13H18BrN3O/c14-10-6-7-11(16-8-10)17-13(18)12(15)9-4-2-1-3-5-9/h6-9,12H,1-5,15H2,(H,16,17,18)/t12-/m0/s1. The van der Waals surface area contributed by atoms with Gasteiger partial charge in [0.25, 0.3) is 0 Å². The zero-order valence-electron chi connectivity index (χ0n) is 10.2. The van der Waals surface area contributed by atoms with Crippen LogP contribution in [0.3, 0.4) is 0 Å². The van der Waals surface area contributed by atoms with Crippen LogP contribution in [-0.4, -0.2) is 16.9 Å². The summed E-state index contributed by atoms with van der Waals surface area (Å²) in [5, 5.41) is 2.77. The maximum atomic E-state index is 12.0. The second-order valence-electron chi connectivity index (χ2n) is 4.77. The van der Waals surface area contributed by atoms with E-state index < -0.39 is 6.04 Å². The van der Waals surface area contributed by atoms with Crippen molar-refractivity contribution >= 4 is 27.7 Å². The topological polar surface area (TPSA) is 68.0 Å². The second kappa shape index (κ2) is 6.29. The number of aromatic nitrogens is 1. The van der Waals surface area contributed by atoms with Crippen molar-refractivity contribution in [2.45, 2.75) is 38.1 Å². The molecule has 1 aromatic heterocycles. The van der Waals surface area contributed by atoms with E-state index in [2.05, 4.69) is 26.2 Å². The van der Waals surface area contributed by atoms with Gasteiger partial charge in [-0.1, -0.05) is 19.3 Å².